The van der Waals surface area contributed by atoms with Gasteiger partial charge in [0.05, 0.1) is 5.69 Å². The summed E-state index contributed by atoms with van der Waals surface area (Å²) in [6, 6.07) is 4.03. The van der Waals surface area contributed by atoms with Crippen molar-refractivity contribution in [1.82, 2.24) is 14.8 Å². The number of hydrogen-bond acceptors (Lipinski definition) is 3. The summed E-state index contributed by atoms with van der Waals surface area (Å²) in [4.78, 5) is 0. The van der Waals surface area contributed by atoms with E-state index >= 15 is 0 Å². The van der Waals surface area contributed by atoms with Gasteiger partial charge in [0.25, 0.3) is 0 Å². The maximum Gasteiger partial charge on any atom is 0.225 e. The Bertz CT molecular complexity index is 576. The van der Waals surface area contributed by atoms with Crippen LogP contribution in [0.1, 0.15) is 11.1 Å². The van der Waals surface area contributed by atoms with Crippen molar-refractivity contribution >= 4 is 34.1 Å². The number of aryl methyl sites for hydroxylation is 2. The number of aromatic nitrogens is 3. The van der Waals surface area contributed by atoms with Crippen LogP contribution in [0.3, 0.4) is 0 Å². The van der Waals surface area contributed by atoms with E-state index in [1.165, 1.54) is 0 Å². The average Bonchev–Trinajstić information content (AvgIpc) is 2.54. The first kappa shape index (κ1) is 11.3. The number of hydrogen-bond donors (Lipinski definition) is 2. The van der Waals surface area contributed by atoms with Crippen molar-refractivity contribution in [3.63, 3.8) is 0 Å². The molecular weight excluding hydrogens is 288 g/mol. The maximum absolute atomic E-state index is 5.75. The van der Waals surface area contributed by atoms with Gasteiger partial charge >= 0.3 is 0 Å². The number of benzene rings is 1. The summed E-state index contributed by atoms with van der Waals surface area (Å²) >= 11 is 8.65. The Morgan fingerprint density at radius 2 is 1.94 bits per heavy atom. The molecule has 0 saturated carbocycles. The van der Waals surface area contributed by atoms with Gasteiger partial charge in [0.1, 0.15) is 0 Å². The zero-order valence-electron chi connectivity index (χ0n) is 8.91. The van der Waals surface area contributed by atoms with Crippen LogP contribution >= 0.6 is 28.1 Å². The lowest BCUT2D eigenvalue weighted by Crippen LogP contribution is -2.02. The van der Waals surface area contributed by atoms with Crippen molar-refractivity contribution < 1.29 is 0 Å². The number of nitrogen functional groups attached to an aromatic ring is 1. The van der Waals surface area contributed by atoms with Crippen LogP contribution in [-0.2, 0) is 0 Å². The van der Waals surface area contributed by atoms with Crippen LogP contribution in [0.2, 0.25) is 0 Å². The minimum Gasteiger partial charge on any atom is -0.368 e. The molecule has 2 aromatic rings. The van der Waals surface area contributed by atoms with Gasteiger partial charge in [-0.05, 0) is 49.3 Å². The Hall–Kier alpha value is -1.14. The number of rotatable bonds is 1. The van der Waals surface area contributed by atoms with Crippen LogP contribution < -0.4 is 5.73 Å². The average molecular weight is 299 g/mol. The molecule has 0 bridgehead atoms. The van der Waals surface area contributed by atoms with E-state index in [2.05, 4.69) is 26.1 Å². The van der Waals surface area contributed by atoms with Crippen molar-refractivity contribution in [3.8, 4) is 5.69 Å². The fourth-order valence-corrected chi connectivity index (χ4v) is 2.08. The second-order valence-corrected chi connectivity index (χ2v) is 4.80. The van der Waals surface area contributed by atoms with E-state index in [-0.39, 0.29) is 0 Å². The highest BCUT2D eigenvalue weighted by molar-refractivity contribution is 9.10. The molecule has 0 fully saturated rings. The van der Waals surface area contributed by atoms with Crippen LogP contribution in [0.4, 0.5) is 5.95 Å². The molecule has 0 unspecified atom stereocenters. The summed E-state index contributed by atoms with van der Waals surface area (Å²) in [5.41, 5.74) is 8.95. The molecule has 1 aromatic carbocycles. The lowest BCUT2D eigenvalue weighted by atomic mass is 10.1. The molecule has 0 spiro atoms. The van der Waals surface area contributed by atoms with Gasteiger partial charge in [0.15, 0.2) is 0 Å². The number of halogens is 1. The van der Waals surface area contributed by atoms with Gasteiger partial charge < -0.3 is 5.73 Å². The minimum absolute atomic E-state index is 0.367. The molecule has 0 amide bonds. The van der Waals surface area contributed by atoms with Gasteiger partial charge in [-0.15, -0.1) is 5.10 Å². The molecule has 3 N–H and O–H groups in total. The molecule has 1 heterocycles. The van der Waals surface area contributed by atoms with E-state index in [1.54, 1.807) is 4.57 Å². The Morgan fingerprint density at radius 3 is 2.38 bits per heavy atom. The molecule has 0 aliphatic rings. The predicted molar refractivity (Wildman–Crippen MR) is 70.3 cm³/mol. The highest BCUT2D eigenvalue weighted by atomic mass is 79.9. The first-order valence-electron chi connectivity index (χ1n) is 4.70. The van der Waals surface area contributed by atoms with Crippen LogP contribution in [0, 0.1) is 18.6 Å². The number of anilines is 1. The van der Waals surface area contributed by atoms with E-state index in [1.807, 2.05) is 26.0 Å². The van der Waals surface area contributed by atoms with Crippen molar-refractivity contribution in [1.29, 1.82) is 0 Å². The van der Waals surface area contributed by atoms with Gasteiger partial charge in [0, 0.05) is 4.47 Å². The summed E-state index contributed by atoms with van der Waals surface area (Å²) < 4.78 is 3.31. The molecule has 0 atom stereocenters. The number of nitrogens with zero attached hydrogens (tertiary/aromatic N) is 2. The highest BCUT2D eigenvalue weighted by Crippen LogP contribution is 2.25. The van der Waals surface area contributed by atoms with E-state index in [0.717, 1.165) is 21.3 Å². The molecule has 84 valence electrons. The third-order valence-corrected chi connectivity index (χ3v) is 3.90. The van der Waals surface area contributed by atoms with Gasteiger partial charge in [-0.3, -0.25) is 4.57 Å². The Balaban J connectivity index is 2.71. The van der Waals surface area contributed by atoms with Gasteiger partial charge in [-0.2, -0.15) is 0 Å². The second-order valence-electron chi connectivity index (χ2n) is 3.62. The van der Waals surface area contributed by atoms with Crippen molar-refractivity contribution in [2.75, 3.05) is 5.73 Å². The van der Waals surface area contributed by atoms with E-state index in [0.29, 0.717) is 10.7 Å². The summed E-state index contributed by atoms with van der Waals surface area (Å²) in [6.45, 7) is 4.06. The van der Waals surface area contributed by atoms with E-state index < -0.39 is 0 Å². The van der Waals surface area contributed by atoms with Gasteiger partial charge in [0.2, 0.25) is 10.7 Å². The van der Waals surface area contributed by atoms with Crippen molar-refractivity contribution in [2.24, 2.45) is 0 Å². The molecule has 4 nitrogen and oxygen atoms in total. The Labute approximate surface area is 107 Å². The third kappa shape index (κ3) is 1.78. The predicted octanol–water partition coefficient (Wildman–Crippen LogP) is 2.89. The van der Waals surface area contributed by atoms with Gasteiger partial charge in [-0.1, -0.05) is 15.9 Å². The lowest BCUT2D eigenvalue weighted by molar-refractivity contribution is 1.03. The molecule has 2 rings (SSSR count). The maximum atomic E-state index is 5.75. The summed E-state index contributed by atoms with van der Waals surface area (Å²) in [5.74, 6) is 0.367. The van der Waals surface area contributed by atoms with Crippen LogP contribution in [0.15, 0.2) is 16.6 Å². The molecule has 0 aliphatic carbocycles. The number of nitrogens with one attached hydrogen (secondary N) is 1. The normalized spacial score (nSPS) is 10.7. The Morgan fingerprint density at radius 1 is 1.38 bits per heavy atom. The highest BCUT2D eigenvalue weighted by Gasteiger charge is 2.08. The fourth-order valence-electron chi connectivity index (χ4n) is 1.61. The van der Waals surface area contributed by atoms with Gasteiger partial charge in [-0.25, -0.2) is 5.10 Å². The lowest BCUT2D eigenvalue weighted by Gasteiger charge is -2.09. The fraction of sp³-hybridized carbons (Fsp3) is 0.200. The SMILES string of the molecule is Cc1cc(-n2c(N)n[nH]c2=S)cc(C)c1Br. The van der Waals surface area contributed by atoms with E-state index in [9.17, 15) is 0 Å². The smallest absolute Gasteiger partial charge is 0.225 e. The second kappa shape index (κ2) is 4.03. The summed E-state index contributed by atoms with van der Waals surface area (Å²) in [7, 11) is 0. The standard InChI is InChI=1S/C10H11BrN4S/c1-5-3-7(4-6(2)8(5)11)15-9(12)13-14-10(15)16/h3-4H,1-2H3,(H2,12,13)(H,14,16). The molecule has 1 aromatic heterocycles. The zero-order chi connectivity index (χ0) is 11.9. The Kier molecular flexibility index (Phi) is 2.86. The largest absolute Gasteiger partial charge is 0.368 e. The molecule has 0 aliphatic heterocycles. The van der Waals surface area contributed by atoms with Crippen molar-refractivity contribution in [3.05, 3.63) is 32.5 Å². The van der Waals surface area contributed by atoms with Crippen LogP contribution in [-0.4, -0.2) is 14.8 Å². The molecule has 0 saturated heterocycles. The number of nitrogens with two attached hydrogens (primary N) is 1. The third-order valence-electron chi connectivity index (χ3n) is 2.38. The zero-order valence-corrected chi connectivity index (χ0v) is 11.3. The molecule has 0 radical (unpaired) electrons. The summed E-state index contributed by atoms with van der Waals surface area (Å²) in [6.07, 6.45) is 0. The number of aromatic amines is 1. The summed E-state index contributed by atoms with van der Waals surface area (Å²) in [5, 5.41) is 6.55. The van der Waals surface area contributed by atoms with Crippen LogP contribution in [0.25, 0.3) is 5.69 Å². The van der Waals surface area contributed by atoms with E-state index in [4.69, 9.17) is 18.0 Å². The van der Waals surface area contributed by atoms with Crippen LogP contribution in [0.5, 0.6) is 0 Å². The van der Waals surface area contributed by atoms with Crippen molar-refractivity contribution in [2.45, 2.75) is 13.8 Å². The molecule has 6 heteroatoms. The topological polar surface area (TPSA) is 59.6 Å². The quantitative estimate of drug-likeness (QED) is 0.796. The first-order valence-corrected chi connectivity index (χ1v) is 5.91. The molecular formula is C10H11BrN4S. The first-order chi connectivity index (χ1) is 7.50. The number of H-pyrrole nitrogens is 1. The molecule has 16 heavy (non-hydrogen) atoms. The minimum atomic E-state index is 0.367. The monoisotopic (exact) mass is 298 g/mol.